The van der Waals surface area contributed by atoms with E-state index in [1.54, 1.807) is 18.2 Å². The van der Waals surface area contributed by atoms with Crippen molar-refractivity contribution in [1.82, 2.24) is 5.32 Å². The van der Waals surface area contributed by atoms with Crippen LogP contribution in [0.15, 0.2) is 42.5 Å². The fourth-order valence-corrected chi connectivity index (χ4v) is 2.18. The number of aromatic carboxylic acids is 1. The Bertz CT molecular complexity index is 783. The normalized spacial score (nSPS) is 9.84. The van der Waals surface area contributed by atoms with Crippen LogP contribution in [-0.4, -0.2) is 31.2 Å². The molecular formula is C17H15N2O5S-. The van der Waals surface area contributed by atoms with Gasteiger partial charge >= 0.3 is 0 Å². The minimum atomic E-state index is -1.27. The van der Waals surface area contributed by atoms with E-state index >= 15 is 0 Å². The summed E-state index contributed by atoms with van der Waals surface area (Å²) in [6.45, 7) is 0. The molecule has 2 aromatic carbocycles. The molecule has 0 aliphatic rings. The van der Waals surface area contributed by atoms with Gasteiger partial charge in [0.05, 0.1) is 20.2 Å². The Balaban J connectivity index is 2.04. The van der Waals surface area contributed by atoms with Crippen molar-refractivity contribution in [2.24, 2.45) is 0 Å². The monoisotopic (exact) mass is 359 g/mol. The summed E-state index contributed by atoms with van der Waals surface area (Å²) >= 11 is 5.08. The lowest BCUT2D eigenvalue weighted by Crippen LogP contribution is -2.34. The average Bonchev–Trinajstić information content (AvgIpc) is 2.61. The Morgan fingerprint density at radius 3 is 2.00 bits per heavy atom. The van der Waals surface area contributed by atoms with E-state index in [1.807, 2.05) is 0 Å². The summed E-state index contributed by atoms with van der Waals surface area (Å²) in [5.41, 5.74) is 0.884. The lowest BCUT2D eigenvalue weighted by Gasteiger charge is -2.12. The Kier molecular flexibility index (Phi) is 5.91. The number of carbonyl (C=O) groups excluding carboxylic acids is 2. The number of hydrogen-bond donors (Lipinski definition) is 2. The Labute approximate surface area is 149 Å². The first kappa shape index (κ1) is 18.2. The van der Waals surface area contributed by atoms with Crippen LogP contribution in [0.1, 0.15) is 20.7 Å². The van der Waals surface area contributed by atoms with Gasteiger partial charge in [-0.15, -0.1) is 0 Å². The highest BCUT2D eigenvalue weighted by Crippen LogP contribution is 2.22. The predicted octanol–water partition coefficient (Wildman–Crippen LogP) is 1.19. The minimum Gasteiger partial charge on any atom is -0.545 e. The van der Waals surface area contributed by atoms with Crippen molar-refractivity contribution in [2.75, 3.05) is 19.5 Å². The van der Waals surface area contributed by atoms with E-state index in [0.717, 1.165) is 0 Å². The minimum absolute atomic E-state index is 0.0454. The number of nitrogens with one attached hydrogen (secondary N) is 2. The molecule has 0 spiro atoms. The largest absolute Gasteiger partial charge is 0.545 e. The summed E-state index contributed by atoms with van der Waals surface area (Å²) in [6.07, 6.45) is 0. The second kappa shape index (κ2) is 8.11. The predicted molar refractivity (Wildman–Crippen MR) is 94.0 cm³/mol. The van der Waals surface area contributed by atoms with Crippen molar-refractivity contribution < 1.29 is 24.2 Å². The maximum absolute atomic E-state index is 12.3. The van der Waals surface area contributed by atoms with E-state index in [0.29, 0.717) is 22.7 Å². The zero-order valence-electron chi connectivity index (χ0n) is 13.5. The molecule has 0 heterocycles. The van der Waals surface area contributed by atoms with Gasteiger partial charge in [-0.3, -0.25) is 10.1 Å². The topological polar surface area (TPSA) is 99.7 Å². The van der Waals surface area contributed by atoms with Crippen LogP contribution < -0.4 is 25.2 Å². The molecule has 0 aromatic heterocycles. The van der Waals surface area contributed by atoms with Crippen molar-refractivity contribution in [1.29, 1.82) is 0 Å². The summed E-state index contributed by atoms with van der Waals surface area (Å²) in [5, 5.41) is 16.1. The van der Waals surface area contributed by atoms with E-state index < -0.39 is 11.9 Å². The second-order valence-corrected chi connectivity index (χ2v) is 5.28. The van der Waals surface area contributed by atoms with Crippen LogP contribution in [0.2, 0.25) is 0 Å². The number of benzene rings is 2. The molecule has 2 N–H and O–H groups in total. The van der Waals surface area contributed by atoms with E-state index in [4.69, 9.17) is 21.7 Å². The first-order valence-corrected chi connectivity index (χ1v) is 7.50. The van der Waals surface area contributed by atoms with Crippen LogP contribution in [-0.2, 0) is 0 Å². The lowest BCUT2D eigenvalue weighted by molar-refractivity contribution is -0.255. The highest BCUT2D eigenvalue weighted by molar-refractivity contribution is 7.80. The zero-order chi connectivity index (χ0) is 18.4. The van der Waals surface area contributed by atoms with Crippen molar-refractivity contribution in [3.8, 4) is 11.5 Å². The number of methoxy groups -OCH3 is 2. The van der Waals surface area contributed by atoms with Crippen molar-refractivity contribution in [2.45, 2.75) is 0 Å². The first-order valence-electron chi connectivity index (χ1n) is 7.09. The number of carboxylic acids is 1. The fourth-order valence-electron chi connectivity index (χ4n) is 1.97. The van der Waals surface area contributed by atoms with Gasteiger partial charge in [0, 0.05) is 17.3 Å². The fraction of sp³-hybridized carbons (Fsp3) is 0.118. The standard InChI is InChI=1S/C17H16N2O5S/c1-23-13-7-11(8-14(9-13)24-2)15(20)19-17(25)18-12-5-3-10(4-6-12)16(21)22/h3-9H,1-2H3,(H,21,22)(H2,18,19,20,25)/p-1. The molecule has 0 radical (unpaired) electrons. The smallest absolute Gasteiger partial charge is 0.257 e. The third-order valence-electron chi connectivity index (χ3n) is 3.22. The maximum Gasteiger partial charge on any atom is 0.257 e. The number of anilines is 1. The number of carboxylic acid groups (broad SMARTS) is 1. The SMILES string of the molecule is COc1cc(OC)cc(C(=O)NC(=S)Nc2ccc(C(=O)[O-])cc2)c1. The molecule has 0 bridgehead atoms. The summed E-state index contributed by atoms with van der Waals surface area (Å²) in [5.74, 6) is -0.766. The number of rotatable bonds is 5. The van der Waals surface area contributed by atoms with E-state index in [1.165, 1.54) is 38.5 Å². The van der Waals surface area contributed by atoms with Gasteiger partial charge in [0.2, 0.25) is 0 Å². The quantitative estimate of drug-likeness (QED) is 0.774. The van der Waals surface area contributed by atoms with E-state index in [-0.39, 0.29) is 10.7 Å². The van der Waals surface area contributed by atoms with Crippen LogP contribution in [0.3, 0.4) is 0 Å². The summed E-state index contributed by atoms with van der Waals surface area (Å²) in [7, 11) is 2.97. The van der Waals surface area contributed by atoms with Crippen molar-refractivity contribution >= 4 is 34.9 Å². The summed E-state index contributed by atoms with van der Waals surface area (Å²) in [6, 6.07) is 10.5. The molecule has 0 atom stereocenters. The number of hydrogen-bond acceptors (Lipinski definition) is 6. The number of amides is 1. The van der Waals surface area contributed by atoms with Gasteiger partial charge < -0.3 is 24.7 Å². The highest BCUT2D eigenvalue weighted by atomic mass is 32.1. The molecule has 0 saturated carbocycles. The Hall–Kier alpha value is -3.13. The van der Waals surface area contributed by atoms with Gasteiger partial charge in [-0.1, -0.05) is 12.1 Å². The molecule has 2 rings (SSSR count). The Morgan fingerprint density at radius 1 is 0.960 bits per heavy atom. The van der Waals surface area contributed by atoms with Crippen molar-refractivity contribution in [3.63, 3.8) is 0 Å². The van der Waals surface area contributed by atoms with Crippen LogP contribution in [0.4, 0.5) is 5.69 Å². The van der Waals surface area contributed by atoms with Crippen molar-refractivity contribution in [3.05, 3.63) is 53.6 Å². The molecular weight excluding hydrogens is 344 g/mol. The molecule has 130 valence electrons. The van der Waals surface area contributed by atoms with Crippen LogP contribution >= 0.6 is 12.2 Å². The third-order valence-corrected chi connectivity index (χ3v) is 3.42. The molecule has 7 nitrogen and oxygen atoms in total. The van der Waals surface area contributed by atoms with E-state index in [9.17, 15) is 14.7 Å². The molecule has 0 unspecified atom stereocenters. The second-order valence-electron chi connectivity index (χ2n) is 4.87. The zero-order valence-corrected chi connectivity index (χ0v) is 14.3. The summed E-state index contributed by atoms with van der Waals surface area (Å²) < 4.78 is 10.2. The molecule has 0 aliphatic heterocycles. The molecule has 0 aliphatic carbocycles. The summed E-state index contributed by atoms with van der Waals surface area (Å²) in [4.78, 5) is 23.0. The number of ether oxygens (including phenoxy) is 2. The van der Waals surface area contributed by atoms with Gasteiger partial charge in [0.25, 0.3) is 5.91 Å². The van der Waals surface area contributed by atoms with Gasteiger partial charge in [-0.25, -0.2) is 0 Å². The van der Waals surface area contributed by atoms with Crippen LogP contribution in [0.5, 0.6) is 11.5 Å². The average molecular weight is 359 g/mol. The molecule has 1 amide bonds. The lowest BCUT2D eigenvalue weighted by atomic mass is 10.2. The van der Waals surface area contributed by atoms with Gasteiger partial charge in [0.15, 0.2) is 5.11 Å². The van der Waals surface area contributed by atoms with Gasteiger partial charge in [0.1, 0.15) is 11.5 Å². The Morgan fingerprint density at radius 2 is 1.52 bits per heavy atom. The van der Waals surface area contributed by atoms with Gasteiger partial charge in [-0.05, 0) is 42.0 Å². The number of thiocarbonyl (C=S) groups is 1. The molecule has 25 heavy (non-hydrogen) atoms. The first-order chi connectivity index (χ1) is 11.9. The molecule has 8 heteroatoms. The van der Waals surface area contributed by atoms with Gasteiger partial charge in [-0.2, -0.15) is 0 Å². The maximum atomic E-state index is 12.3. The number of carbonyl (C=O) groups is 2. The van der Waals surface area contributed by atoms with Crippen LogP contribution in [0, 0.1) is 0 Å². The third kappa shape index (κ3) is 4.92. The molecule has 2 aromatic rings. The molecule has 0 saturated heterocycles. The van der Waals surface area contributed by atoms with Crippen LogP contribution in [0.25, 0.3) is 0 Å². The van der Waals surface area contributed by atoms with E-state index in [2.05, 4.69) is 10.6 Å². The highest BCUT2D eigenvalue weighted by Gasteiger charge is 2.11. The molecule has 0 fully saturated rings.